The number of amides is 2. The molecule has 2 amide bonds. The second-order valence-corrected chi connectivity index (χ2v) is 16.3. The van der Waals surface area contributed by atoms with E-state index in [9.17, 15) is 9.59 Å². The molecule has 6 aromatic rings. The normalized spacial score (nSPS) is 14.9. The number of ether oxygens (including phenoxy) is 3. The maximum Gasteiger partial charge on any atom is 0.222 e. The molecule has 2 aromatic heterocycles. The fourth-order valence-electron chi connectivity index (χ4n) is 7.56. The Morgan fingerprint density at radius 1 is 0.841 bits per heavy atom. The predicted molar refractivity (Wildman–Crippen MR) is 244 cm³/mol. The van der Waals surface area contributed by atoms with Crippen LogP contribution in [0.3, 0.4) is 0 Å². The summed E-state index contributed by atoms with van der Waals surface area (Å²) in [6.07, 6.45) is 0.240. The second-order valence-electron chi connectivity index (χ2n) is 14.7. The Hall–Kier alpha value is -6.07. The van der Waals surface area contributed by atoms with E-state index in [2.05, 4.69) is 60.6 Å². The zero-order chi connectivity index (χ0) is 44.5. The van der Waals surface area contributed by atoms with E-state index in [1.54, 1.807) is 26.0 Å². The molecule has 2 aliphatic rings. The third-order valence-electron chi connectivity index (χ3n) is 10.5. The average Bonchev–Trinajstić information content (AvgIpc) is 3.76. The van der Waals surface area contributed by atoms with Crippen LogP contribution >= 0.6 is 23.4 Å². The maximum absolute atomic E-state index is 12.7. The molecular formula is C46H51ClN10O5S. The molecule has 0 saturated heterocycles. The Morgan fingerprint density at radius 3 is 2.25 bits per heavy atom. The van der Waals surface area contributed by atoms with Crippen molar-refractivity contribution < 1.29 is 23.8 Å². The molecule has 2 aliphatic heterocycles. The number of nitrogens with zero attached hydrogens (tertiary/aromatic N) is 7. The highest BCUT2D eigenvalue weighted by atomic mass is 35.5. The van der Waals surface area contributed by atoms with E-state index in [4.69, 9.17) is 30.8 Å². The van der Waals surface area contributed by atoms with Crippen LogP contribution in [0.5, 0.6) is 11.5 Å². The molecule has 8 rings (SSSR count). The first kappa shape index (κ1) is 45.0. The summed E-state index contributed by atoms with van der Waals surface area (Å²) in [4.78, 5) is 29.5. The van der Waals surface area contributed by atoms with Gasteiger partial charge in [-0.3, -0.25) is 29.0 Å². The predicted octanol–water partition coefficient (Wildman–Crippen LogP) is 6.68. The molecule has 0 aliphatic carbocycles. The average molecular weight is 891 g/mol. The standard InChI is InChI=1S/C28H36N6O4S.C18H15ClN4O/c1-5-29-26(36)17-24-28-33-32-18(2)34(28)25-11-8-21(37-4)16-23(25)27(31-24)20-6-9-22(10-7-20)39-15-14-38-13-12-30-19(3)35;1-11-21-22-17-10-20-18(12-3-5-13(19)6-4-12)15-9-14(24-2)7-8-16(15)23(11)17/h6-11,16,24,27,31H,5,12-15,17H2,1-4H3,(H,29,36)(H,30,35);3-9H,10H2,1-2H3. The molecule has 17 heteroatoms. The third kappa shape index (κ3) is 10.6. The fourth-order valence-corrected chi connectivity index (χ4v) is 8.45. The number of fused-ring (bicyclic) bond motifs is 6. The summed E-state index contributed by atoms with van der Waals surface area (Å²) in [6.45, 7) is 9.92. The lowest BCUT2D eigenvalue weighted by atomic mass is 9.96. The fraction of sp³-hybridized carbons (Fsp3) is 0.326. The van der Waals surface area contributed by atoms with E-state index < -0.39 is 0 Å². The number of aryl methyl sites for hydroxylation is 2. The van der Waals surface area contributed by atoms with Crippen LogP contribution in [0.15, 0.2) is 94.8 Å². The smallest absolute Gasteiger partial charge is 0.222 e. The highest BCUT2D eigenvalue weighted by molar-refractivity contribution is 7.99. The minimum atomic E-state index is -0.343. The summed E-state index contributed by atoms with van der Waals surface area (Å²) >= 11 is 7.74. The van der Waals surface area contributed by atoms with Crippen molar-refractivity contribution in [1.29, 1.82) is 0 Å². The first-order chi connectivity index (χ1) is 30.6. The molecule has 0 radical (unpaired) electrons. The van der Waals surface area contributed by atoms with Crippen molar-refractivity contribution >= 4 is 40.9 Å². The van der Waals surface area contributed by atoms with Gasteiger partial charge in [0.15, 0.2) is 11.6 Å². The number of benzene rings is 4. The van der Waals surface area contributed by atoms with Crippen LogP contribution in [-0.2, 0) is 20.9 Å². The quantitative estimate of drug-likeness (QED) is 0.0788. The van der Waals surface area contributed by atoms with Gasteiger partial charge in [0.25, 0.3) is 0 Å². The van der Waals surface area contributed by atoms with Crippen LogP contribution in [0.2, 0.25) is 5.02 Å². The van der Waals surface area contributed by atoms with E-state index in [0.29, 0.717) is 43.7 Å². The summed E-state index contributed by atoms with van der Waals surface area (Å²) in [6, 6.07) is 27.5. The number of halogens is 1. The number of hydrogen-bond acceptors (Lipinski definition) is 12. The minimum Gasteiger partial charge on any atom is -0.497 e. The van der Waals surface area contributed by atoms with E-state index in [1.807, 2.05) is 90.6 Å². The van der Waals surface area contributed by atoms with Gasteiger partial charge in [-0.2, -0.15) is 0 Å². The van der Waals surface area contributed by atoms with Gasteiger partial charge in [-0.1, -0.05) is 35.9 Å². The summed E-state index contributed by atoms with van der Waals surface area (Å²) in [5.74, 6) is 5.37. The monoisotopic (exact) mass is 890 g/mol. The van der Waals surface area contributed by atoms with Crippen molar-refractivity contribution in [3.05, 3.63) is 136 Å². The van der Waals surface area contributed by atoms with Gasteiger partial charge in [0.1, 0.15) is 29.7 Å². The molecule has 2 unspecified atom stereocenters. The number of carbonyl (C=O) groups is 2. The van der Waals surface area contributed by atoms with E-state index >= 15 is 0 Å². The van der Waals surface area contributed by atoms with Gasteiger partial charge in [-0.15, -0.1) is 32.2 Å². The topological polar surface area (TPSA) is 172 Å². The maximum atomic E-state index is 12.7. The molecule has 0 spiro atoms. The van der Waals surface area contributed by atoms with Crippen molar-refractivity contribution in [2.45, 2.75) is 57.6 Å². The number of carbonyl (C=O) groups excluding carboxylic acids is 2. The number of aliphatic imine (C=N–C) groups is 1. The number of thioether (sulfide) groups is 1. The van der Waals surface area contributed by atoms with Crippen LogP contribution in [0, 0.1) is 13.8 Å². The molecule has 4 aromatic carbocycles. The van der Waals surface area contributed by atoms with Crippen LogP contribution < -0.4 is 25.4 Å². The van der Waals surface area contributed by atoms with E-state index in [1.165, 1.54) is 6.92 Å². The number of hydrogen-bond donors (Lipinski definition) is 3. The summed E-state index contributed by atoms with van der Waals surface area (Å²) < 4.78 is 20.6. The van der Waals surface area contributed by atoms with Gasteiger partial charge in [0, 0.05) is 58.8 Å². The molecule has 328 valence electrons. The number of rotatable bonds is 14. The number of nitrogens with one attached hydrogen (secondary N) is 3. The first-order valence-electron chi connectivity index (χ1n) is 20.7. The van der Waals surface area contributed by atoms with Crippen molar-refractivity contribution in [1.82, 2.24) is 45.5 Å². The van der Waals surface area contributed by atoms with Crippen molar-refractivity contribution in [3.63, 3.8) is 0 Å². The lowest BCUT2D eigenvalue weighted by Gasteiger charge is -2.24. The van der Waals surface area contributed by atoms with Gasteiger partial charge in [-0.05, 0) is 87.0 Å². The van der Waals surface area contributed by atoms with Crippen LogP contribution in [0.25, 0.3) is 11.4 Å². The van der Waals surface area contributed by atoms with Gasteiger partial charge in [-0.25, -0.2) is 0 Å². The second kappa shape index (κ2) is 20.9. The Kier molecular flexibility index (Phi) is 14.9. The van der Waals surface area contributed by atoms with Crippen molar-refractivity contribution in [2.75, 3.05) is 46.3 Å². The highest BCUT2D eigenvalue weighted by Crippen LogP contribution is 2.38. The lowest BCUT2D eigenvalue weighted by molar-refractivity contribution is -0.121. The summed E-state index contributed by atoms with van der Waals surface area (Å²) in [5.41, 5.74) is 6.93. The molecule has 2 atom stereocenters. The molecule has 3 N–H and O–H groups in total. The zero-order valence-corrected chi connectivity index (χ0v) is 37.7. The summed E-state index contributed by atoms with van der Waals surface area (Å²) in [7, 11) is 3.32. The van der Waals surface area contributed by atoms with Crippen LogP contribution in [0.4, 0.5) is 0 Å². The molecule has 4 heterocycles. The highest BCUT2D eigenvalue weighted by Gasteiger charge is 2.33. The molecule has 63 heavy (non-hydrogen) atoms. The largest absolute Gasteiger partial charge is 0.497 e. The van der Waals surface area contributed by atoms with Crippen LogP contribution in [-0.4, -0.2) is 93.3 Å². The van der Waals surface area contributed by atoms with E-state index in [-0.39, 0.29) is 30.3 Å². The molecule has 0 saturated carbocycles. The number of methoxy groups -OCH3 is 2. The van der Waals surface area contributed by atoms with Gasteiger partial charge in [0.05, 0.1) is 56.6 Å². The Labute approximate surface area is 376 Å². The zero-order valence-electron chi connectivity index (χ0n) is 36.1. The third-order valence-corrected chi connectivity index (χ3v) is 11.7. The number of aromatic nitrogens is 6. The molecule has 15 nitrogen and oxygen atoms in total. The van der Waals surface area contributed by atoms with Crippen molar-refractivity contribution in [3.8, 4) is 22.9 Å². The molecule has 0 fully saturated rings. The van der Waals surface area contributed by atoms with Crippen molar-refractivity contribution in [2.24, 2.45) is 4.99 Å². The Balaban J connectivity index is 0.000000211. The Morgan fingerprint density at radius 2 is 1.54 bits per heavy atom. The minimum absolute atomic E-state index is 0.0458. The molecule has 0 bridgehead atoms. The molecular weight excluding hydrogens is 840 g/mol. The SMILES string of the molecule is CCNC(=O)CC1NC(c2ccc(SCCOCCNC(C)=O)cc2)c2cc(OC)ccc2-n2c(C)nnc21.COc1ccc2c(c1)C(c1ccc(Cl)cc1)=NCc1nnc(C)n1-2. The van der Waals surface area contributed by atoms with Crippen LogP contribution in [0.1, 0.15) is 77.9 Å². The Bertz CT molecular complexity index is 2580. The lowest BCUT2D eigenvalue weighted by Crippen LogP contribution is -2.32. The van der Waals surface area contributed by atoms with Gasteiger partial charge >= 0.3 is 0 Å². The summed E-state index contributed by atoms with van der Waals surface area (Å²) in [5, 5.41) is 27.3. The van der Waals surface area contributed by atoms with Gasteiger partial charge < -0.3 is 24.8 Å². The van der Waals surface area contributed by atoms with E-state index in [0.717, 1.165) is 79.0 Å². The van der Waals surface area contributed by atoms with Gasteiger partial charge in [0.2, 0.25) is 11.8 Å². The first-order valence-corrected chi connectivity index (χ1v) is 22.0.